The molecule has 0 spiro atoms. The Kier molecular flexibility index (Phi) is 29.7. The van der Waals surface area contributed by atoms with Gasteiger partial charge in [0.15, 0.2) is 0 Å². The topological polar surface area (TPSA) is 81.7 Å². The van der Waals surface area contributed by atoms with Gasteiger partial charge in [0, 0.05) is 19.6 Å². The zero-order valence-corrected chi connectivity index (χ0v) is 21.9. The number of nitrogens with one attached hydrogen (secondary N) is 2. The molecule has 6 nitrogen and oxygen atoms in total. The van der Waals surface area contributed by atoms with Crippen molar-refractivity contribution in [1.29, 1.82) is 0 Å². The molecule has 0 aromatic heterocycles. The van der Waals surface area contributed by atoms with E-state index in [9.17, 15) is 9.59 Å². The average molecular weight is 472 g/mol. The lowest BCUT2D eigenvalue weighted by Gasteiger charge is -2.26. The first-order valence-corrected chi connectivity index (χ1v) is 12.8. The molecular weight excluding hydrogens is 414 g/mol. The minimum atomic E-state index is -0.402. The first-order chi connectivity index (χ1) is 15.5. The van der Waals surface area contributed by atoms with Crippen molar-refractivity contribution >= 4 is 12.2 Å². The number of piperidine rings is 1. The zero-order chi connectivity index (χ0) is 24.6. The van der Waals surface area contributed by atoms with Gasteiger partial charge in [0.05, 0.1) is 6.04 Å². The van der Waals surface area contributed by atoms with Crippen LogP contribution in [0.3, 0.4) is 0 Å². The van der Waals surface area contributed by atoms with Crippen LogP contribution in [-0.4, -0.2) is 68.1 Å². The Bertz CT molecular complexity index is 460. The number of hydrogen-bond donors (Lipinski definition) is 3. The maximum Gasteiger partial charge on any atom is 0.220 e. The van der Waals surface area contributed by atoms with E-state index in [1.807, 2.05) is 20.8 Å². The third-order valence-corrected chi connectivity index (χ3v) is 5.38. The van der Waals surface area contributed by atoms with Crippen molar-refractivity contribution in [2.75, 3.05) is 39.8 Å². The second-order valence-electron chi connectivity index (χ2n) is 8.53. The van der Waals surface area contributed by atoms with E-state index in [0.29, 0.717) is 25.5 Å². The van der Waals surface area contributed by atoms with Gasteiger partial charge in [0.25, 0.3) is 0 Å². The highest BCUT2D eigenvalue weighted by molar-refractivity contribution is 5.79. The van der Waals surface area contributed by atoms with Gasteiger partial charge in [-0.15, -0.1) is 0 Å². The smallest absolute Gasteiger partial charge is 0.220 e. The predicted octanol–water partition coefficient (Wildman–Crippen LogP) is 4.96. The molecule has 1 fully saturated rings. The third kappa shape index (κ3) is 26.9. The number of aliphatic hydroxyl groups excluding tert-OH is 1. The van der Waals surface area contributed by atoms with Gasteiger partial charge in [-0.1, -0.05) is 66.0 Å². The normalized spacial score (nSPS) is 15.9. The van der Waals surface area contributed by atoms with Crippen molar-refractivity contribution in [2.24, 2.45) is 5.92 Å². The standard InChI is InChI=1S/C15H29N3O2.C5H12O.C4H6.C2H6.CH4/c1-16-12-14(13-19)17-15(20)8-4-2-5-9-18-10-6-3-7-11-18;1-3-5(2)4-6;1-4-2-3-4;1-2;/h13-14,16H,2-12H2,1H3,(H,17,20);5-6H,3-4H2,1-2H3;2H,3H2,1H3;1-2H3;1H4. The Balaban J connectivity index is -0.000000568. The van der Waals surface area contributed by atoms with Gasteiger partial charge in [-0.25, -0.2) is 0 Å². The van der Waals surface area contributed by atoms with Gasteiger partial charge in [-0.05, 0) is 71.6 Å². The molecule has 0 radical (unpaired) electrons. The van der Waals surface area contributed by atoms with Crippen molar-refractivity contribution in [3.05, 3.63) is 11.6 Å². The number of aliphatic hydroxyl groups is 1. The van der Waals surface area contributed by atoms with Gasteiger partial charge < -0.3 is 25.4 Å². The van der Waals surface area contributed by atoms with Gasteiger partial charge in [-0.2, -0.15) is 0 Å². The quantitative estimate of drug-likeness (QED) is 0.213. The molecule has 0 saturated carbocycles. The summed E-state index contributed by atoms with van der Waals surface area (Å²) in [5.74, 6) is 0.473. The molecule has 198 valence electrons. The number of allylic oxidation sites excluding steroid dienone is 2. The monoisotopic (exact) mass is 471 g/mol. The van der Waals surface area contributed by atoms with Crippen LogP contribution in [0.2, 0.25) is 0 Å². The summed E-state index contributed by atoms with van der Waals surface area (Å²) in [5, 5.41) is 13.9. The SMILES string of the molecule is C.CC.CC1=CC1.CCC(C)CO.CNCC(C=O)NC(=O)CCCCCN1CCCCC1. The molecule has 1 heterocycles. The second-order valence-corrected chi connectivity index (χ2v) is 8.53. The number of likely N-dealkylation sites (N-methyl/N-ethyl adjacent to an activating group) is 1. The lowest BCUT2D eigenvalue weighted by Crippen LogP contribution is -2.42. The maximum absolute atomic E-state index is 11.6. The number of rotatable bonds is 12. The van der Waals surface area contributed by atoms with Crippen LogP contribution in [0, 0.1) is 5.92 Å². The Hall–Kier alpha value is -1.24. The number of likely N-dealkylation sites (tertiary alicyclic amines) is 1. The van der Waals surface area contributed by atoms with Crippen molar-refractivity contribution < 1.29 is 14.7 Å². The Morgan fingerprint density at radius 1 is 1.18 bits per heavy atom. The Labute approximate surface area is 206 Å². The van der Waals surface area contributed by atoms with E-state index in [0.717, 1.165) is 25.5 Å². The summed E-state index contributed by atoms with van der Waals surface area (Å²) in [6.45, 7) is 14.7. The molecule has 0 bridgehead atoms. The molecule has 33 heavy (non-hydrogen) atoms. The van der Waals surface area contributed by atoms with Crippen molar-refractivity contribution in [3.63, 3.8) is 0 Å². The largest absolute Gasteiger partial charge is 0.396 e. The van der Waals surface area contributed by atoms with E-state index in [1.165, 1.54) is 51.7 Å². The molecule has 1 saturated heterocycles. The molecule has 2 atom stereocenters. The van der Waals surface area contributed by atoms with E-state index in [2.05, 4.69) is 35.5 Å². The summed E-state index contributed by atoms with van der Waals surface area (Å²) in [4.78, 5) is 24.9. The lowest BCUT2D eigenvalue weighted by molar-refractivity contribution is -0.124. The summed E-state index contributed by atoms with van der Waals surface area (Å²) >= 11 is 0. The summed E-state index contributed by atoms with van der Waals surface area (Å²) in [5.41, 5.74) is 1.54. The van der Waals surface area contributed by atoms with Crippen molar-refractivity contribution in [3.8, 4) is 0 Å². The molecule has 1 aliphatic carbocycles. The molecular formula is C27H57N3O3. The van der Waals surface area contributed by atoms with Crippen LogP contribution in [0.4, 0.5) is 0 Å². The zero-order valence-electron chi connectivity index (χ0n) is 21.9. The van der Waals surface area contributed by atoms with Crippen LogP contribution in [0.15, 0.2) is 11.6 Å². The van der Waals surface area contributed by atoms with Crippen LogP contribution in [-0.2, 0) is 9.59 Å². The highest BCUT2D eigenvalue weighted by atomic mass is 16.3. The van der Waals surface area contributed by atoms with Crippen molar-refractivity contribution in [1.82, 2.24) is 15.5 Å². The summed E-state index contributed by atoms with van der Waals surface area (Å²) in [6, 6.07) is -0.402. The van der Waals surface area contributed by atoms with E-state index in [-0.39, 0.29) is 13.3 Å². The highest BCUT2D eigenvalue weighted by Gasteiger charge is 2.11. The molecule has 0 aromatic carbocycles. The number of unbranched alkanes of at least 4 members (excludes halogenated alkanes) is 2. The average Bonchev–Trinajstić information content (AvgIpc) is 3.62. The van der Waals surface area contributed by atoms with Gasteiger partial charge in [0.2, 0.25) is 5.91 Å². The number of carbonyl (C=O) groups excluding carboxylic acids is 2. The van der Waals surface area contributed by atoms with E-state index < -0.39 is 6.04 Å². The Morgan fingerprint density at radius 2 is 1.76 bits per heavy atom. The van der Waals surface area contributed by atoms with Crippen LogP contribution in [0.25, 0.3) is 0 Å². The molecule has 1 aliphatic heterocycles. The number of nitrogens with zero attached hydrogens (tertiary/aromatic N) is 1. The minimum Gasteiger partial charge on any atom is -0.396 e. The fourth-order valence-corrected chi connectivity index (χ4v) is 2.84. The summed E-state index contributed by atoms with van der Waals surface area (Å²) in [7, 11) is 1.77. The predicted molar refractivity (Wildman–Crippen MR) is 144 cm³/mol. The van der Waals surface area contributed by atoms with E-state index >= 15 is 0 Å². The first-order valence-electron chi connectivity index (χ1n) is 12.8. The fourth-order valence-electron chi connectivity index (χ4n) is 2.84. The molecule has 2 rings (SSSR count). The maximum atomic E-state index is 11.6. The molecule has 6 heteroatoms. The van der Waals surface area contributed by atoms with Crippen LogP contribution in [0.1, 0.15) is 99.8 Å². The van der Waals surface area contributed by atoms with Crippen LogP contribution >= 0.6 is 0 Å². The highest BCUT2D eigenvalue weighted by Crippen LogP contribution is 2.14. The van der Waals surface area contributed by atoms with E-state index in [1.54, 1.807) is 12.6 Å². The van der Waals surface area contributed by atoms with Crippen LogP contribution in [0.5, 0.6) is 0 Å². The molecule has 1 amide bonds. The first kappa shape index (κ1) is 36.3. The number of amides is 1. The molecule has 0 aromatic rings. The minimum absolute atomic E-state index is 0. The van der Waals surface area contributed by atoms with E-state index in [4.69, 9.17) is 5.11 Å². The summed E-state index contributed by atoms with van der Waals surface area (Å²) in [6.07, 6.45) is 13.1. The Morgan fingerprint density at radius 3 is 2.15 bits per heavy atom. The molecule has 2 unspecified atom stereocenters. The second kappa shape index (κ2) is 27.0. The lowest BCUT2D eigenvalue weighted by atomic mass is 10.1. The van der Waals surface area contributed by atoms with Gasteiger partial charge >= 0.3 is 0 Å². The fraction of sp³-hybridized carbons (Fsp3) is 0.852. The third-order valence-electron chi connectivity index (χ3n) is 5.38. The number of carbonyl (C=O) groups is 2. The molecule has 2 aliphatic rings. The summed E-state index contributed by atoms with van der Waals surface area (Å²) < 4.78 is 0. The van der Waals surface area contributed by atoms with Gasteiger partial charge in [-0.3, -0.25) is 4.79 Å². The number of aldehydes is 1. The molecule has 3 N–H and O–H groups in total. The van der Waals surface area contributed by atoms with Crippen LogP contribution < -0.4 is 10.6 Å². The van der Waals surface area contributed by atoms with Crippen molar-refractivity contribution in [2.45, 2.75) is 106 Å². The number of hydrogen-bond acceptors (Lipinski definition) is 5. The van der Waals surface area contributed by atoms with Gasteiger partial charge in [0.1, 0.15) is 6.29 Å².